The van der Waals surface area contributed by atoms with E-state index in [9.17, 15) is 19.2 Å². The molecule has 5 unspecified atom stereocenters. The summed E-state index contributed by atoms with van der Waals surface area (Å²) in [6, 6.07) is 0. The van der Waals surface area contributed by atoms with Crippen LogP contribution < -0.4 is 0 Å². The van der Waals surface area contributed by atoms with E-state index in [0.717, 1.165) is 12.8 Å². The number of ether oxygens (including phenoxy) is 4. The molecule has 8 nitrogen and oxygen atoms in total. The van der Waals surface area contributed by atoms with Gasteiger partial charge in [0.2, 0.25) is 0 Å². The number of esters is 4. The van der Waals surface area contributed by atoms with Crippen LogP contribution in [0.5, 0.6) is 0 Å². The van der Waals surface area contributed by atoms with Crippen LogP contribution in [0.1, 0.15) is 73.1 Å². The van der Waals surface area contributed by atoms with Crippen molar-refractivity contribution in [2.45, 2.75) is 89.6 Å². The molecule has 5 atom stereocenters. The smallest absolute Gasteiger partial charge is 0.344 e. The van der Waals surface area contributed by atoms with E-state index in [1.54, 1.807) is 0 Å². The fraction of sp³-hybridized carbons (Fsp3) is 0.833. The first-order valence-electron chi connectivity index (χ1n) is 11.7. The fourth-order valence-corrected chi connectivity index (χ4v) is 6.06. The lowest BCUT2D eigenvalue weighted by Gasteiger charge is -2.45. The zero-order valence-electron chi connectivity index (χ0n) is 20.2. The van der Waals surface area contributed by atoms with Crippen molar-refractivity contribution in [3.05, 3.63) is 0 Å². The highest BCUT2D eigenvalue weighted by molar-refractivity contribution is 7.82. The molecule has 0 spiro atoms. The van der Waals surface area contributed by atoms with Gasteiger partial charge in [-0.25, -0.2) is 9.59 Å². The maximum Gasteiger partial charge on any atom is 0.344 e. The minimum absolute atomic E-state index is 0.112. The Balaban J connectivity index is 1.48. The molecule has 186 valence electrons. The van der Waals surface area contributed by atoms with Crippen molar-refractivity contribution >= 4 is 36.5 Å². The minimum Gasteiger partial charge on any atom is -0.462 e. The van der Waals surface area contributed by atoms with E-state index in [1.807, 2.05) is 34.6 Å². The number of hydrogen-bond acceptors (Lipinski definition) is 9. The summed E-state index contributed by atoms with van der Waals surface area (Å²) in [6.07, 6.45) is 3.44. The van der Waals surface area contributed by atoms with E-state index in [4.69, 9.17) is 18.9 Å². The molecule has 0 N–H and O–H groups in total. The lowest BCUT2D eigenvalue weighted by molar-refractivity contribution is -0.182. The highest BCUT2D eigenvalue weighted by atomic mass is 32.1. The van der Waals surface area contributed by atoms with E-state index < -0.39 is 41.5 Å². The fourth-order valence-electron chi connectivity index (χ4n) is 5.52. The molecule has 2 saturated carbocycles. The molecule has 4 aliphatic rings. The van der Waals surface area contributed by atoms with Crippen molar-refractivity contribution in [2.75, 3.05) is 13.2 Å². The highest BCUT2D eigenvalue weighted by Gasteiger charge is 2.54. The Morgan fingerprint density at radius 2 is 1.73 bits per heavy atom. The first kappa shape index (κ1) is 25.8. The van der Waals surface area contributed by atoms with Crippen LogP contribution in [0.3, 0.4) is 0 Å². The van der Waals surface area contributed by atoms with Gasteiger partial charge in [-0.15, -0.1) is 0 Å². The van der Waals surface area contributed by atoms with E-state index in [2.05, 4.69) is 12.6 Å². The molecule has 33 heavy (non-hydrogen) atoms. The van der Waals surface area contributed by atoms with Crippen LogP contribution in [0.25, 0.3) is 0 Å². The molecule has 2 aliphatic carbocycles. The van der Waals surface area contributed by atoms with Gasteiger partial charge >= 0.3 is 23.9 Å². The van der Waals surface area contributed by atoms with Crippen LogP contribution >= 0.6 is 12.6 Å². The summed E-state index contributed by atoms with van der Waals surface area (Å²) < 4.78 is 20.3. The first-order chi connectivity index (χ1) is 15.2. The van der Waals surface area contributed by atoms with E-state index >= 15 is 0 Å². The molecule has 0 aromatic rings. The molecule has 4 rings (SSSR count). The van der Waals surface area contributed by atoms with Crippen LogP contribution in [0.15, 0.2) is 0 Å². The highest BCUT2D eigenvalue weighted by Crippen LogP contribution is 2.51. The van der Waals surface area contributed by atoms with Gasteiger partial charge in [0.1, 0.15) is 16.5 Å². The SMILES string of the molecule is CC(C)C(S)(CC(C)(C)C)C(=O)OCC(=O)OCC(=O)OC12CC3CC(C1)OC(=O)C(C3)C2. The van der Waals surface area contributed by atoms with Gasteiger partial charge < -0.3 is 18.9 Å². The third-order valence-corrected chi connectivity index (χ3v) is 7.68. The monoisotopic (exact) mass is 484 g/mol. The van der Waals surface area contributed by atoms with Crippen LogP contribution in [0.2, 0.25) is 0 Å². The lowest BCUT2D eigenvalue weighted by atomic mass is 9.65. The first-order valence-corrected chi connectivity index (χ1v) is 12.1. The summed E-state index contributed by atoms with van der Waals surface area (Å²) in [7, 11) is 0. The number of carbonyl (C=O) groups excluding carboxylic acids is 4. The quantitative estimate of drug-likeness (QED) is 0.318. The van der Waals surface area contributed by atoms with Gasteiger partial charge in [-0.2, -0.15) is 12.6 Å². The largest absolute Gasteiger partial charge is 0.462 e. The zero-order valence-corrected chi connectivity index (χ0v) is 21.1. The Kier molecular flexibility index (Phi) is 7.42. The van der Waals surface area contributed by atoms with Gasteiger partial charge in [-0.05, 0) is 42.9 Å². The molecule has 0 aromatic heterocycles. The number of thiol groups is 1. The number of carbonyl (C=O) groups is 4. The van der Waals surface area contributed by atoms with Gasteiger partial charge in [0.05, 0.1) is 5.92 Å². The average molecular weight is 485 g/mol. The molecular formula is C24H36O8S. The predicted octanol–water partition coefficient (Wildman–Crippen LogP) is 3.25. The molecule has 2 aliphatic heterocycles. The molecule has 4 fully saturated rings. The number of rotatable bonds is 8. The average Bonchev–Trinajstić information content (AvgIpc) is 2.83. The second-order valence-electron chi connectivity index (χ2n) is 11.4. The van der Waals surface area contributed by atoms with Crippen molar-refractivity contribution in [3.63, 3.8) is 0 Å². The Labute approximate surface area is 200 Å². The van der Waals surface area contributed by atoms with Crippen LogP contribution in [-0.2, 0) is 38.1 Å². The summed E-state index contributed by atoms with van der Waals surface area (Å²) >= 11 is 4.59. The number of hydrogen-bond donors (Lipinski definition) is 1. The topological polar surface area (TPSA) is 105 Å². The van der Waals surface area contributed by atoms with Crippen LogP contribution in [-0.4, -0.2) is 53.5 Å². The maximum atomic E-state index is 12.7. The Hall–Kier alpha value is -1.77. The van der Waals surface area contributed by atoms with Crippen LogP contribution in [0, 0.1) is 23.2 Å². The molecule has 0 amide bonds. The van der Waals surface area contributed by atoms with Gasteiger partial charge in [-0.3, -0.25) is 9.59 Å². The van der Waals surface area contributed by atoms with Crippen molar-refractivity contribution in [1.82, 2.24) is 0 Å². The Bertz CT molecular complexity index is 803. The van der Waals surface area contributed by atoms with Crippen molar-refractivity contribution < 1.29 is 38.1 Å². The van der Waals surface area contributed by atoms with E-state index in [-0.39, 0.29) is 29.3 Å². The van der Waals surface area contributed by atoms with Gasteiger partial charge in [0.15, 0.2) is 13.2 Å². The van der Waals surface area contributed by atoms with Gasteiger partial charge in [0.25, 0.3) is 0 Å². The molecule has 0 radical (unpaired) electrons. The molecule has 2 heterocycles. The predicted molar refractivity (Wildman–Crippen MR) is 121 cm³/mol. The third-order valence-electron chi connectivity index (χ3n) is 6.82. The summed E-state index contributed by atoms with van der Waals surface area (Å²) in [5.74, 6) is -2.38. The van der Waals surface area contributed by atoms with E-state index in [0.29, 0.717) is 31.6 Å². The zero-order chi connectivity index (χ0) is 24.6. The van der Waals surface area contributed by atoms with Gasteiger partial charge in [-0.1, -0.05) is 34.6 Å². The van der Waals surface area contributed by atoms with Crippen molar-refractivity contribution in [3.8, 4) is 0 Å². The van der Waals surface area contributed by atoms with Crippen molar-refractivity contribution in [1.29, 1.82) is 0 Å². The minimum atomic E-state index is -1.05. The molecule has 4 bridgehead atoms. The summed E-state index contributed by atoms with van der Waals surface area (Å²) in [5, 5.41) is 0. The lowest BCUT2D eigenvalue weighted by Crippen LogP contribution is -2.48. The molecular weight excluding hydrogens is 448 g/mol. The third kappa shape index (κ3) is 6.22. The maximum absolute atomic E-state index is 12.7. The summed E-state index contributed by atoms with van der Waals surface area (Å²) in [4.78, 5) is 49.3. The molecule has 2 saturated heterocycles. The summed E-state index contributed by atoms with van der Waals surface area (Å²) in [5.41, 5.74) is -0.907. The molecule has 0 aromatic carbocycles. The van der Waals surface area contributed by atoms with Gasteiger partial charge in [0, 0.05) is 12.8 Å². The van der Waals surface area contributed by atoms with Crippen molar-refractivity contribution in [2.24, 2.45) is 23.2 Å². The Morgan fingerprint density at radius 3 is 2.36 bits per heavy atom. The summed E-state index contributed by atoms with van der Waals surface area (Å²) in [6.45, 7) is 8.57. The Morgan fingerprint density at radius 1 is 1.06 bits per heavy atom. The number of fused-ring (bicyclic) bond motifs is 1. The second-order valence-corrected chi connectivity index (χ2v) is 12.2. The van der Waals surface area contributed by atoms with E-state index in [1.165, 1.54) is 0 Å². The molecule has 9 heteroatoms. The normalized spacial score (nSPS) is 30.3. The second kappa shape index (κ2) is 9.47. The standard InChI is InChI=1S/C24H36O8S/c1-14(2)24(33,13-22(3,4)5)21(28)30-11-18(25)29-12-19(26)32-23-8-15-6-16(9-23)20(27)31-17(7-15)10-23/h14-17,33H,6-13H2,1-5H3. The van der Waals surface area contributed by atoms with Crippen LogP contribution in [0.4, 0.5) is 0 Å².